The lowest BCUT2D eigenvalue weighted by molar-refractivity contribution is -0.139. The van der Waals surface area contributed by atoms with Crippen LogP contribution >= 0.6 is 15.9 Å². The van der Waals surface area contributed by atoms with Crippen molar-refractivity contribution in [1.29, 1.82) is 0 Å². The molecule has 1 rings (SSSR count). The van der Waals surface area contributed by atoms with Crippen LogP contribution in [0.4, 0.5) is 23.2 Å². The van der Waals surface area contributed by atoms with Crippen LogP contribution in [0.15, 0.2) is 16.6 Å². The van der Waals surface area contributed by atoms with Crippen LogP contribution in [-0.4, -0.2) is 0 Å². The molecule has 0 aliphatic heterocycles. The normalized spacial score (nSPS) is 11.8. The topological polar surface area (TPSA) is 26.0 Å². The molecule has 1 aromatic rings. The first-order valence-corrected chi connectivity index (χ1v) is 3.93. The number of anilines is 1. The maximum atomic E-state index is 12.7. The van der Waals surface area contributed by atoms with E-state index < -0.39 is 17.6 Å². The van der Waals surface area contributed by atoms with Gasteiger partial charge in [0, 0.05) is 10.2 Å². The molecule has 0 bridgehead atoms. The third-order valence-corrected chi connectivity index (χ3v) is 2.08. The lowest BCUT2D eigenvalue weighted by Crippen LogP contribution is -2.09. The third kappa shape index (κ3) is 2.12. The van der Waals surface area contributed by atoms with E-state index in [1.165, 1.54) is 0 Å². The second-order valence-electron chi connectivity index (χ2n) is 2.35. The van der Waals surface area contributed by atoms with E-state index in [-0.39, 0.29) is 10.2 Å². The molecule has 0 unspecified atom stereocenters. The van der Waals surface area contributed by atoms with Crippen LogP contribution in [0.25, 0.3) is 0 Å². The van der Waals surface area contributed by atoms with Gasteiger partial charge in [0.05, 0.1) is 5.56 Å². The molecule has 0 heterocycles. The van der Waals surface area contributed by atoms with Gasteiger partial charge in [-0.2, -0.15) is 13.2 Å². The van der Waals surface area contributed by atoms with Gasteiger partial charge in [-0.3, -0.25) is 0 Å². The molecule has 1 aromatic carbocycles. The molecule has 0 fully saturated rings. The van der Waals surface area contributed by atoms with Crippen LogP contribution in [0, 0.1) is 5.82 Å². The summed E-state index contributed by atoms with van der Waals surface area (Å²) in [5.74, 6) is -1.34. The van der Waals surface area contributed by atoms with E-state index in [0.717, 1.165) is 0 Å². The van der Waals surface area contributed by atoms with Gasteiger partial charge in [-0.25, -0.2) is 4.39 Å². The Bertz CT molecular complexity index is 334. The molecule has 72 valence electrons. The molecule has 0 spiro atoms. The highest BCUT2D eigenvalue weighted by Gasteiger charge is 2.34. The summed E-state index contributed by atoms with van der Waals surface area (Å²) in [6, 6.07) is 1.25. The zero-order valence-electron chi connectivity index (χ0n) is 6.12. The highest BCUT2D eigenvalue weighted by atomic mass is 79.9. The van der Waals surface area contributed by atoms with Crippen molar-refractivity contribution in [2.24, 2.45) is 0 Å². The lowest BCUT2D eigenvalue weighted by Gasteiger charge is -2.09. The highest BCUT2D eigenvalue weighted by molar-refractivity contribution is 9.10. The Morgan fingerprint density at radius 2 is 1.77 bits per heavy atom. The smallest absolute Gasteiger partial charge is 0.398 e. The van der Waals surface area contributed by atoms with Crippen molar-refractivity contribution >= 4 is 21.6 Å². The van der Waals surface area contributed by atoms with E-state index >= 15 is 0 Å². The summed E-state index contributed by atoms with van der Waals surface area (Å²) in [7, 11) is 0. The monoisotopic (exact) mass is 257 g/mol. The zero-order chi connectivity index (χ0) is 10.2. The first kappa shape index (κ1) is 10.3. The van der Waals surface area contributed by atoms with Crippen LogP contribution in [-0.2, 0) is 6.18 Å². The third-order valence-electron chi connectivity index (χ3n) is 1.39. The van der Waals surface area contributed by atoms with Crippen LogP contribution < -0.4 is 5.73 Å². The summed E-state index contributed by atoms with van der Waals surface area (Å²) >= 11 is 2.81. The Kier molecular flexibility index (Phi) is 2.51. The molecule has 6 heteroatoms. The minimum atomic E-state index is -4.71. The van der Waals surface area contributed by atoms with E-state index in [0.29, 0.717) is 12.1 Å². The molecule has 0 amide bonds. The molecule has 0 aliphatic rings. The largest absolute Gasteiger partial charge is 0.419 e. The average molecular weight is 258 g/mol. The van der Waals surface area contributed by atoms with Crippen molar-refractivity contribution in [1.82, 2.24) is 0 Å². The van der Waals surface area contributed by atoms with Gasteiger partial charge in [0.25, 0.3) is 0 Å². The van der Waals surface area contributed by atoms with Crippen LogP contribution in [0.5, 0.6) is 0 Å². The Morgan fingerprint density at radius 1 is 1.23 bits per heavy atom. The first-order valence-electron chi connectivity index (χ1n) is 3.14. The molecular formula is C7H4BrF4N. The summed E-state index contributed by atoms with van der Waals surface area (Å²) < 4.78 is 49.0. The lowest BCUT2D eigenvalue weighted by atomic mass is 10.2. The number of nitrogen functional groups attached to an aromatic ring is 1. The Hall–Kier alpha value is -0.780. The van der Waals surface area contributed by atoms with E-state index in [1.54, 1.807) is 0 Å². The minimum Gasteiger partial charge on any atom is -0.398 e. The molecule has 0 saturated carbocycles. The number of nitrogens with two attached hydrogens (primary N) is 1. The molecule has 13 heavy (non-hydrogen) atoms. The summed E-state index contributed by atoms with van der Waals surface area (Å²) in [6.07, 6.45) is -4.71. The van der Waals surface area contributed by atoms with E-state index in [9.17, 15) is 17.6 Å². The first-order chi connectivity index (χ1) is 5.82. The van der Waals surface area contributed by atoms with E-state index in [2.05, 4.69) is 15.9 Å². The second-order valence-corrected chi connectivity index (χ2v) is 3.21. The quantitative estimate of drug-likeness (QED) is 0.561. The Morgan fingerprint density at radius 3 is 2.23 bits per heavy atom. The standard InChI is InChI=1S/C7H4BrF4N/c8-4-2-5(9)3(1-6(4)13)7(10,11)12/h1-2H,13H2. The molecule has 1 nitrogen and oxygen atoms in total. The second kappa shape index (κ2) is 3.17. The van der Waals surface area contributed by atoms with Gasteiger partial charge >= 0.3 is 6.18 Å². The van der Waals surface area contributed by atoms with Crippen LogP contribution in [0.1, 0.15) is 5.56 Å². The molecule has 2 N–H and O–H groups in total. The van der Waals surface area contributed by atoms with Gasteiger partial charge in [-0.1, -0.05) is 0 Å². The minimum absolute atomic E-state index is 0.109. The number of halogens is 5. The molecule has 0 radical (unpaired) electrons. The van der Waals surface area contributed by atoms with Crippen molar-refractivity contribution in [3.8, 4) is 0 Å². The molecular weight excluding hydrogens is 254 g/mol. The summed E-state index contributed by atoms with van der Waals surface area (Å²) in [5.41, 5.74) is 3.67. The molecule has 0 aliphatic carbocycles. The van der Waals surface area contributed by atoms with Gasteiger partial charge < -0.3 is 5.73 Å². The fourth-order valence-electron chi connectivity index (χ4n) is 0.783. The maximum Gasteiger partial charge on any atom is 0.419 e. The predicted molar refractivity (Wildman–Crippen MR) is 43.5 cm³/mol. The number of hydrogen-bond acceptors (Lipinski definition) is 1. The van der Waals surface area contributed by atoms with Crippen molar-refractivity contribution in [3.05, 3.63) is 28.0 Å². The van der Waals surface area contributed by atoms with E-state index in [1.807, 2.05) is 0 Å². The molecule has 0 atom stereocenters. The Labute approximate surface area is 79.7 Å². The van der Waals surface area contributed by atoms with Crippen molar-refractivity contribution in [2.45, 2.75) is 6.18 Å². The number of rotatable bonds is 0. The summed E-state index contributed by atoms with van der Waals surface area (Å²) in [6.45, 7) is 0. The van der Waals surface area contributed by atoms with Gasteiger partial charge in [-0.15, -0.1) is 0 Å². The van der Waals surface area contributed by atoms with Crippen molar-refractivity contribution in [2.75, 3.05) is 5.73 Å². The SMILES string of the molecule is Nc1cc(C(F)(F)F)c(F)cc1Br. The van der Waals surface area contributed by atoms with Gasteiger partial charge in [-0.05, 0) is 28.1 Å². The zero-order valence-corrected chi connectivity index (χ0v) is 7.71. The number of alkyl halides is 3. The fraction of sp³-hybridized carbons (Fsp3) is 0.143. The van der Waals surface area contributed by atoms with Crippen molar-refractivity contribution < 1.29 is 17.6 Å². The van der Waals surface area contributed by atoms with Crippen LogP contribution in [0.3, 0.4) is 0 Å². The molecule has 0 aromatic heterocycles. The Balaban J connectivity index is 3.32. The number of benzene rings is 1. The predicted octanol–water partition coefficient (Wildman–Crippen LogP) is 3.19. The summed E-state index contributed by atoms with van der Waals surface area (Å²) in [5, 5.41) is 0. The van der Waals surface area contributed by atoms with Gasteiger partial charge in [0.15, 0.2) is 0 Å². The highest BCUT2D eigenvalue weighted by Crippen LogP contribution is 2.34. The maximum absolute atomic E-state index is 12.7. The summed E-state index contributed by atoms with van der Waals surface area (Å²) in [4.78, 5) is 0. The van der Waals surface area contributed by atoms with Crippen LogP contribution in [0.2, 0.25) is 0 Å². The average Bonchev–Trinajstić information content (AvgIpc) is 1.94. The molecule has 0 saturated heterocycles. The number of hydrogen-bond donors (Lipinski definition) is 1. The van der Waals surface area contributed by atoms with E-state index in [4.69, 9.17) is 5.73 Å². The van der Waals surface area contributed by atoms with Gasteiger partial charge in [0.2, 0.25) is 0 Å². The fourth-order valence-corrected chi connectivity index (χ4v) is 1.10. The van der Waals surface area contributed by atoms with Crippen molar-refractivity contribution in [3.63, 3.8) is 0 Å². The van der Waals surface area contributed by atoms with Gasteiger partial charge in [0.1, 0.15) is 5.82 Å².